The number of amides is 1. The Morgan fingerprint density at radius 3 is 2.44 bits per heavy atom. The highest BCUT2D eigenvalue weighted by molar-refractivity contribution is 5.96. The second-order valence-electron chi connectivity index (χ2n) is 8.42. The zero-order chi connectivity index (χ0) is 22.1. The van der Waals surface area contributed by atoms with Gasteiger partial charge >= 0.3 is 0 Å². The minimum absolute atomic E-state index is 0.0512. The van der Waals surface area contributed by atoms with Crippen LogP contribution in [-0.2, 0) is 11.3 Å². The molecule has 1 aliphatic heterocycles. The summed E-state index contributed by atoms with van der Waals surface area (Å²) < 4.78 is 8.42. The maximum Gasteiger partial charge on any atom is 0.227 e. The number of benzene rings is 3. The first-order valence-corrected chi connectivity index (χ1v) is 11.1. The molecule has 5 nitrogen and oxygen atoms in total. The average molecular weight is 426 g/mol. The normalized spacial score (nSPS) is 16.1. The summed E-state index contributed by atoms with van der Waals surface area (Å²) in [5, 5.41) is 0. The van der Waals surface area contributed by atoms with E-state index in [4.69, 9.17) is 9.72 Å². The van der Waals surface area contributed by atoms with Gasteiger partial charge in [0.05, 0.1) is 17.6 Å². The molecular weight excluding hydrogens is 398 g/mol. The van der Waals surface area contributed by atoms with Crippen molar-refractivity contribution >= 4 is 22.6 Å². The highest BCUT2D eigenvalue weighted by Gasteiger charge is 2.34. The van der Waals surface area contributed by atoms with Crippen molar-refractivity contribution in [2.45, 2.75) is 32.7 Å². The molecule has 1 atom stereocenters. The highest BCUT2D eigenvalue weighted by atomic mass is 16.5. The lowest BCUT2D eigenvalue weighted by atomic mass is 10.1. The van der Waals surface area contributed by atoms with Gasteiger partial charge in [0.2, 0.25) is 5.91 Å². The molecule has 162 valence electrons. The predicted octanol–water partition coefficient (Wildman–Crippen LogP) is 5.25. The van der Waals surface area contributed by atoms with Gasteiger partial charge in [-0.3, -0.25) is 4.79 Å². The van der Waals surface area contributed by atoms with E-state index in [0.29, 0.717) is 26.1 Å². The van der Waals surface area contributed by atoms with Gasteiger partial charge in [-0.2, -0.15) is 0 Å². The number of nitrogens with zero attached hydrogens (tertiary/aromatic N) is 3. The Morgan fingerprint density at radius 1 is 0.938 bits per heavy atom. The molecule has 0 bridgehead atoms. The zero-order valence-corrected chi connectivity index (χ0v) is 18.5. The number of anilines is 1. The number of hydrogen-bond donors (Lipinski definition) is 0. The molecular formula is C27H27N3O2. The van der Waals surface area contributed by atoms with E-state index in [1.807, 2.05) is 53.4 Å². The number of para-hydroxylation sites is 4. The third-order valence-corrected chi connectivity index (χ3v) is 6.21. The number of aromatic nitrogens is 2. The maximum absolute atomic E-state index is 12.8. The van der Waals surface area contributed by atoms with Crippen molar-refractivity contribution in [2.24, 2.45) is 0 Å². The van der Waals surface area contributed by atoms with Crippen LogP contribution >= 0.6 is 0 Å². The van der Waals surface area contributed by atoms with Crippen molar-refractivity contribution < 1.29 is 9.53 Å². The summed E-state index contributed by atoms with van der Waals surface area (Å²) in [4.78, 5) is 19.6. The topological polar surface area (TPSA) is 47.4 Å². The van der Waals surface area contributed by atoms with E-state index in [0.717, 1.165) is 39.4 Å². The maximum atomic E-state index is 12.8. The molecule has 1 amide bonds. The van der Waals surface area contributed by atoms with Crippen LogP contribution in [0.2, 0.25) is 0 Å². The molecule has 32 heavy (non-hydrogen) atoms. The van der Waals surface area contributed by atoms with Gasteiger partial charge in [0.1, 0.15) is 18.2 Å². The van der Waals surface area contributed by atoms with Crippen LogP contribution in [0.3, 0.4) is 0 Å². The number of imidazole rings is 1. The number of carbonyl (C=O) groups excluding carboxylic acids is 1. The molecule has 0 saturated carbocycles. The lowest BCUT2D eigenvalue weighted by Crippen LogP contribution is -2.24. The van der Waals surface area contributed by atoms with E-state index < -0.39 is 0 Å². The van der Waals surface area contributed by atoms with Gasteiger partial charge < -0.3 is 14.2 Å². The third-order valence-electron chi connectivity index (χ3n) is 6.21. The van der Waals surface area contributed by atoms with Gasteiger partial charge in [-0.15, -0.1) is 0 Å². The zero-order valence-electron chi connectivity index (χ0n) is 18.5. The minimum atomic E-state index is 0.0512. The van der Waals surface area contributed by atoms with Crippen LogP contribution < -0.4 is 9.64 Å². The SMILES string of the molecule is Cc1cccc(C)c1OCCn1c(C2CC(=O)N(c3ccccc3)C2)nc2ccccc21. The predicted molar refractivity (Wildman–Crippen MR) is 127 cm³/mol. The lowest BCUT2D eigenvalue weighted by Gasteiger charge is -2.18. The number of fused-ring (bicyclic) bond motifs is 1. The molecule has 1 aromatic heterocycles. The van der Waals surface area contributed by atoms with Crippen molar-refractivity contribution in [2.75, 3.05) is 18.1 Å². The molecule has 3 aromatic carbocycles. The molecule has 4 aromatic rings. The monoisotopic (exact) mass is 425 g/mol. The average Bonchev–Trinajstić information content (AvgIpc) is 3.37. The van der Waals surface area contributed by atoms with Crippen LogP contribution in [0.4, 0.5) is 5.69 Å². The van der Waals surface area contributed by atoms with Crippen LogP contribution in [0.25, 0.3) is 11.0 Å². The van der Waals surface area contributed by atoms with E-state index in [1.165, 1.54) is 0 Å². The number of carbonyl (C=O) groups is 1. The first-order valence-electron chi connectivity index (χ1n) is 11.1. The van der Waals surface area contributed by atoms with Crippen molar-refractivity contribution in [1.29, 1.82) is 0 Å². The molecule has 1 saturated heterocycles. The van der Waals surface area contributed by atoms with E-state index in [9.17, 15) is 4.79 Å². The molecule has 0 spiro atoms. The molecule has 5 rings (SSSR count). The second-order valence-corrected chi connectivity index (χ2v) is 8.42. The summed E-state index contributed by atoms with van der Waals surface area (Å²) in [6, 6.07) is 24.2. The lowest BCUT2D eigenvalue weighted by molar-refractivity contribution is -0.117. The first-order chi connectivity index (χ1) is 15.6. The standard InChI is InChI=1S/C27H27N3O2/c1-19-9-8-10-20(2)26(19)32-16-15-29-24-14-7-6-13-23(24)28-27(29)21-17-25(31)30(18-21)22-11-4-3-5-12-22/h3-14,21H,15-18H2,1-2H3. The van der Waals surface area contributed by atoms with Crippen LogP contribution in [0.15, 0.2) is 72.8 Å². The fourth-order valence-corrected chi connectivity index (χ4v) is 4.64. The van der Waals surface area contributed by atoms with Crippen LogP contribution in [-0.4, -0.2) is 28.6 Å². The van der Waals surface area contributed by atoms with E-state index in [2.05, 4.69) is 42.7 Å². The molecule has 1 aliphatic rings. The number of rotatable bonds is 6. The molecule has 0 N–H and O–H groups in total. The number of ether oxygens (including phenoxy) is 1. The summed E-state index contributed by atoms with van der Waals surface area (Å²) in [6.45, 7) is 6.01. The Morgan fingerprint density at radius 2 is 1.66 bits per heavy atom. The van der Waals surface area contributed by atoms with Gasteiger partial charge in [0.25, 0.3) is 0 Å². The minimum Gasteiger partial charge on any atom is -0.491 e. The van der Waals surface area contributed by atoms with Crippen molar-refractivity contribution in [3.8, 4) is 5.75 Å². The van der Waals surface area contributed by atoms with Gasteiger partial charge in [-0.1, -0.05) is 48.5 Å². The summed E-state index contributed by atoms with van der Waals surface area (Å²) in [7, 11) is 0. The molecule has 5 heteroatoms. The van der Waals surface area contributed by atoms with Gasteiger partial charge in [-0.05, 0) is 49.2 Å². The van der Waals surface area contributed by atoms with Crippen LogP contribution in [0, 0.1) is 13.8 Å². The quantitative estimate of drug-likeness (QED) is 0.424. The molecule has 1 unspecified atom stereocenters. The fourth-order valence-electron chi connectivity index (χ4n) is 4.64. The van der Waals surface area contributed by atoms with E-state index in [1.54, 1.807) is 0 Å². The summed E-state index contributed by atoms with van der Waals surface area (Å²) in [6.07, 6.45) is 0.468. The van der Waals surface area contributed by atoms with Crippen molar-refractivity contribution in [1.82, 2.24) is 9.55 Å². The van der Waals surface area contributed by atoms with Crippen LogP contribution in [0.1, 0.15) is 29.3 Å². The summed E-state index contributed by atoms with van der Waals surface area (Å²) in [5.74, 6) is 2.11. The second kappa shape index (κ2) is 8.50. The Bertz CT molecular complexity index is 1240. The first kappa shape index (κ1) is 20.3. The Balaban J connectivity index is 1.42. The smallest absolute Gasteiger partial charge is 0.227 e. The van der Waals surface area contributed by atoms with Gasteiger partial charge in [0, 0.05) is 24.6 Å². The third kappa shape index (κ3) is 3.75. The van der Waals surface area contributed by atoms with Crippen LogP contribution in [0.5, 0.6) is 5.75 Å². The summed E-state index contributed by atoms with van der Waals surface area (Å²) in [5.41, 5.74) is 5.26. The van der Waals surface area contributed by atoms with Crippen molar-refractivity contribution in [3.05, 3.63) is 89.7 Å². The number of hydrogen-bond acceptors (Lipinski definition) is 3. The largest absolute Gasteiger partial charge is 0.491 e. The molecule has 2 heterocycles. The number of aryl methyl sites for hydroxylation is 2. The van der Waals surface area contributed by atoms with E-state index >= 15 is 0 Å². The fraction of sp³-hybridized carbons (Fsp3) is 0.259. The summed E-state index contributed by atoms with van der Waals surface area (Å²) >= 11 is 0. The van der Waals surface area contributed by atoms with Gasteiger partial charge in [0.15, 0.2) is 0 Å². The molecule has 0 aliphatic carbocycles. The van der Waals surface area contributed by atoms with Gasteiger partial charge in [-0.25, -0.2) is 4.98 Å². The Labute approximate surface area is 188 Å². The van der Waals surface area contributed by atoms with E-state index in [-0.39, 0.29) is 11.8 Å². The van der Waals surface area contributed by atoms with Crippen molar-refractivity contribution in [3.63, 3.8) is 0 Å². The molecule has 0 radical (unpaired) electrons. The molecule has 1 fully saturated rings. The highest BCUT2D eigenvalue weighted by Crippen LogP contribution is 2.33. The Hall–Kier alpha value is -3.60. The Kier molecular flexibility index (Phi) is 5.39.